The molecule has 0 amide bonds. The molecule has 0 aromatic heterocycles. The van der Waals surface area contributed by atoms with Crippen molar-refractivity contribution < 1.29 is 29.6 Å². The smallest absolute Gasteiger partial charge is 0.331 e. The maximum atomic E-state index is 14.3. The van der Waals surface area contributed by atoms with Gasteiger partial charge in [0, 0.05) is 12.0 Å². The highest BCUT2D eigenvalue weighted by molar-refractivity contribution is 5.95. The number of carbonyl (C=O) groups excluding carboxylic acids is 2. The van der Waals surface area contributed by atoms with Gasteiger partial charge in [-0.05, 0) is 60.5 Å². The van der Waals surface area contributed by atoms with Crippen LogP contribution in [0.25, 0.3) is 0 Å². The second-order valence-electron chi connectivity index (χ2n) is 12.0. The van der Waals surface area contributed by atoms with Gasteiger partial charge in [0.2, 0.25) is 0 Å². The SMILES string of the molecule is CCCCC/C=C\C=C\C(=O)O[C@H]1C(C)=CC23C(=O)[C@H](C=C(CO)[C@@H](O)[C@]12O)[C@H]1C(C[C@H]3C)C1(C)C. The quantitative estimate of drug-likeness (QED) is 0.153. The highest BCUT2D eigenvalue weighted by Crippen LogP contribution is 2.71. The van der Waals surface area contributed by atoms with E-state index in [-0.39, 0.29) is 28.6 Å². The molecular weight excluding hydrogens is 456 g/mol. The molecule has 8 atom stereocenters. The minimum Gasteiger partial charge on any atom is -0.451 e. The van der Waals surface area contributed by atoms with Gasteiger partial charge in [-0.15, -0.1) is 0 Å². The van der Waals surface area contributed by atoms with Gasteiger partial charge in [0.25, 0.3) is 0 Å². The van der Waals surface area contributed by atoms with Gasteiger partial charge in [0.05, 0.1) is 12.0 Å². The van der Waals surface area contributed by atoms with Gasteiger partial charge in [0.1, 0.15) is 6.10 Å². The van der Waals surface area contributed by atoms with Crippen LogP contribution in [0, 0.1) is 34.5 Å². The van der Waals surface area contributed by atoms with Crippen LogP contribution in [-0.2, 0) is 14.3 Å². The number of rotatable bonds is 8. The van der Waals surface area contributed by atoms with Crippen molar-refractivity contribution >= 4 is 11.8 Å². The van der Waals surface area contributed by atoms with Crippen molar-refractivity contribution in [3.63, 3.8) is 0 Å². The van der Waals surface area contributed by atoms with Gasteiger partial charge in [-0.25, -0.2) is 4.79 Å². The molecule has 4 aliphatic carbocycles. The molecule has 2 unspecified atom stereocenters. The molecular formula is C30H42O6. The van der Waals surface area contributed by atoms with Crippen LogP contribution < -0.4 is 0 Å². The molecule has 1 spiro atoms. The summed E-state index contributed by atoms with van der Waals surface area (Å²) in [6.45, 7) is 9.66. The molecule has 0 radical (unpaired) electrons. The minimum atomic E-state index is -2.10. The van der Waals surface area contributed by atoms with Crippen LogP contribution in [-0.4, -0.2) is 51.5 Å². The number of carbonyl (C=O) groups is 2. The Labute approximate surface area is 214 Å². The molecule has 4 rings (SSSR count). The van der Waals surface area contributed by atoms with E-state index in [0.717, 1.165) is 32.1 Å². The second kappa shape index (κ2) is 9.70. The summed E-state index contributed by atoms with van der Waals surface area (Å²) in [7, 11) is 0. The lowest BCUT2D eigenvalue weighted by Gasteiger charge is -2.48. The number of ether oxygens (including phenoxy) is 1. The number of allylic oxidation sites excluding steroid dienone is 4. The van der Waals surface area contributed by atoms with E-state index < -0.39 is 41.7 Å². The normalized spacial score (nSPS) is 40.8. The Bertz CT molecular complexity index is 1020. The molecule has 6 heteroatoms. The average molecular weight is 499 g/mol. The maximum Gasteiger partial charge on any atom is 0.331 e. The molecule has 3 N–H and O–H groups in total. The molecule has 6 nitrogen and oxygen atoms in total. The standard InChI is InChI=1S/C30H42O6/c1-6-7-8-9-10-11-12-13-23(32)36-27-18(2)16-29-19(3)14-22-24(28(22,4)5)21(26(29)34)15-20(17-31)25(33)30(27,29)35/h10-13,15-16,19,21-22,24-25,27,31,33,35H,6-9,14,17H2,1-5H3/b11-10-,13-12+/t19-,21-,22?,24+,25-,27+,29?,30+/m1/s1. The van der Waals surface area contributed by atoms with Crippen molar-refractivity contribution in [1.29, 1.82) is 0 Å². The van der Waals surface area contributed by atoms with E-state index in [2.05, 4.69) is 20.8 Å². The molecule has 0 aromatic rings. The number of esters is 1. The molecule has 0 aromatic carbocycles. The first-order chi connectivity index (χ1) is 17.0. The van der Waals surface area contributed by atoms with Crippen LogP contribution in [0.1, 0.15) is 66.7 Å². The van der Waals surface area contributed by atoms with Crippen LogP contribution in [0.5, 0.6) is 0 Å². The summed E-state index contributed by atoms with van der Waals surface area (Å²) in [5.41, 5.74) is -2.79. The van der Waals surface area contributed by atoms with E-state index in [9.17, 15) is 24.9 Å². The van der Waals surface area contributed by atoms with E-state index >= 15 is 0 Å². The van der Waals surface area contributed by atoms with Gasteiger partial charge in [-0.1, -0.05) is 70.9 Å². The fourth-order valence-corrected chi connectivity index (χ4v) is 7.57. The summed E-state index contributed by atoms with van der Waals surface area (Å²) in [6, 6.07) is 0. The monoisotopic (exact) mass is 498 g/mol. The molecule has 0 saturated heterocycles. The Morgan fingerprint density at radius 2 is 1.97 bits per heavy atom. The number of aliphatic hydroxyl groups excluding tert-OH is 2. The summed E-state index contributed by atoms with van der Waals surface area (Å²) < 4.78 is 5.76. The molecule has 2 fully saturated rings. The summed E-state index contributed by atoms with van der Waals surface area (Å²) >= 11 is 0. The van der Waals surface area contributed by atoms with Crippen LogP contribution in [0.2, 0.25) is 0 Å². The van der Waals surface area contributed by atoms with E-state index in [1.807, 2.05) is 13.0 Å². The lowest BCUT2D eigenvalue weighted by Crippen LogP contribution is -2.65. The summed E-state index contributed by atoms with van der Waals surface area (Å²) in [5, 5.41) is 34.0. The predicted octanol–water partition coefficient (Wildman–Crippen LogP) is 4.06. The first-order valence-corrected chi connectivity index (χ1v) is 13.5. The summed E-state index contributed by atoms with van der Waals surface area (Å²) in [4.78, 5) is 27.1. The van der Waals surface area contributed by atoms with Crippen LogP contribution in [0.3, 0.4) is 0 Å². The van der Waals surface area contributed by atoms with Crippen LogP contribution >= 0.6 is 0 Å². The van der Waals surface area contributed by atoms with E-state index in [1.54, 1.807) is 31.2 Å². The summed E-state index contributed by atoms with van der Waals surface area (Å²) in [5.74, 6) is -1.21. The summed E-state index contributed by atoms with van der Waals surface area (Å²) in [6.07, 6.45) is 12.4. The van der Waals surface area contributed by atoms with Crippen molar-refractivity contribution in [1.82, 2.24) is 0 Å². The number of aliphatic hydroxyl groups is 3. The van der Waals surface area contributed by atoms with Crippen molar-refractivity contribution in [2.45, 2.75) is 84.5 Å². The van der Waals surface area contributed by atoms with Gasteiger partial charge >= 0.3 is 5.97 Å². The van der Waals surface area contributed by atoms with Crippen LogP contribution in [0.15, 0.2) is 47.6 Å². The number of hydrogen-bond acceptors (Lipinski definition) is 6. The van der Waals surface area contributed by atoms with Crippen LogP contribution in [0.4, 0.5) is 0 Å². The Kier molecular flexibility index (Phi) is 7.28. The van der Waals surface area contributed by atoms with E-state index in [1.165, 1.54) is 6.08 Å². The van der Waals surface area contributed by atoms with Crippen molar-refractivity contribution in [2.75, 3.05) is 6.61 Å². The molecule has 36 heavy (non-hydrogen) atoms. The fraction of sp³-hybridized carbons (Fsp3) is 0.667. The number of hydrogen-bond donors (Lipinski definition) is 3. The second-order valence-corrected chi connectivity index (χ2v) is 12.0. The third-order valence-corrected chi connectivity index (χ3v) is 9.58. The van der Waals surface area contributed by atoms with Gasteiger partial charge in [-0.2, -0.15) is 0 Å². The lowest BCUT2D eigenvalue weighted by molar-refractivity contribution is -0.201. The predicted molar refractivity (Wildman–Crippen MR) is 138 cm³/mol. The highest BCUT2D eigenvalue weighted by atomic mass is 16.6. The fourth-order valence-electron chi connectivity index (χ4n) is 7.57. The lowest BCUT2D eigenvalue weighted by atomic mass is 9.59. The Morgan fingerprint density at radius 1 is 1.25 bits per heavy atom. The zero-order chi connectivity index (χ0) is 26.5. The van der Waals surface area contributed by atoms with Gasteiger partial charge < -0.3 is 20.1 Å². The topological polar surface area (TPSA) is 104 Å². The van der Waals surface area contributed by atoms with Crippen molar-refractivity contribution in [3.8, 4) is 0 Å². The van der Waals surface area contributed by atoms with E-state index in [4.69, 9.17) is 4.74 Å². The maximum absolute atomic E-state index is 14.3. The third-order valence-electron chi connectivity index (χ3n) is 9.58. The largest absolute Gasteiger partial charge is 0.451 e. The average Bonchev–Trinajstić information content (AvgIpc) is 3.32. The molecule has 4 aliphatic rings. The number of fused-ring (bicyclic) bond motifs is 3. The molecule has 0 heterocycles. The molecule has 2 bridgehead atoms. The zero-order valence-corrected chi connectivity index (χ0v) is 22.2. The third kappa shape index (κ3) is 3.88. The molecule has 0 aliphatic heterocycles. The first kappa shape index (κ1) is 27.0. The first-order valence-electron chi connectivity index (χ1n) is 13.5. The number of Topliss-reactive ketones (excluding diaryl/α,β-unsaturated/α-hetero) is 1. The van der Waals surface area contributed by atoms with Gasteiger partial charge in [-0.3, -0.25) is 4.79 Å². The van der Waals surface area contributed by atoms with Crippen molar-refractivity contribution in [2.24, 2.45) is 34.5 Å². The molecule has 198 valence electrons. The van der Waals surface area contributed by atoms with E-state index in [0.29, 0.717) is 11.5 Å². The Morgan fingerprint density at radius 3 is 2.64 bits per heavy atom. The van der Waals surface area contributed by atoms with Crippen molar-refractivity contribution in [3.05, 3.63) is 47.6 Å². The highest BCUT2D eigenvalue weighted by Gasteiger charge is 2.76. The Hall–Kier alpha value is -2.02. The number of ketones is 1. The number of unbranched alkanes of at least 4 members (excludes halogenated alkanes) is 3. The minimum absolute atomic E-state index is 0.0290. The zero-order valence-electron chi connectivity index (χ0n) is 22.2. The van der Waals surface area contributed by atoms with Gasteiger partial charge in [0.15, 0.2) is 17.5 Å². The Balaban J connectivity index is 1.66. The molecule has 2 saturated carbocycles.